The van der Waals surface area contributed by atoms with Crippen molar-refractivity contribution < 1.29 is 33.0 Å². The number of allylic oxidation sites excluding steroid dienone is 4. The number of hydrogen-bond donors (Lipinski definition) is 0. The third-order valence-electron chi connectivity index (χ3n) is 3.96. The van der Waals surface area contributed by atoms with E-state index >= 15 is 0 Å². The molecule has 0 aromatic heterocycles. The van der Waals surface area contributed by atoms with Gasteiger partial charge in [0.25, 0.3) is 0 Å². The van der Waals surface area contributed by atoms with Gasteiger partial charge in [0.1, 0.15) is 17.7 Å². The molecule has 2 unspecified atom stereocenters. The fourth-order valence-electron chi connectivity index (χ4n) is 2.42. The van der Waals surface area contributed by atoms with Crippen LogP contribution in [0, 0.1) is 5.92 Å². The summed E-state index contributed by atoms with van der Waals surface area (Å²) in [6.07, 6.45) is 7.71. The van der Waals surface area contributed by atoms with E-state index in [1.54, 1.807) is 24.3 Å². The molecule has 1 aromatic rings. The summed E-state index contributed by atoms with van der Waals surface area (Å²) in [6, 6.07) is 6.70. The highest BCUT2D eigenvalue weighted by Gasteiger charge is 2.20. The second-order valence-electron chi connectivity index (χ2n) is 6.12. The van der Waals surface area contributed by atoms with Crippen molar-refractivity contribution in [2.75, 3.05) is 6.61 Å². The van der Waals surface area contributed by atoms with E-state index in [0.717, 1.165) is 29.9 Å². The molecule has 1 aliphatic rings. The van der Waals surface area contributed by atoms with Crippen molar-refractivity contribution >= 4 is 17.9 Å². The minimum atomic E-state index is -1.46. The van der Waals surface area contributed by atoms with E-state index in [0.29, 0.717) is 12.2 Å². The smallest absolute Gasteiger partial charge is 0.335 e. The van der Waals surface area contributed by atoms with E-state index in [1.807, 2.05) is 0 Å². The molecule has 0 saturated heterocycles. The zero-order valence-electron chi connectivity index (χ0n) is 16.2. The average Bonchev–Trinajstić information content (AvgIpc) is 2.74. The Kier molecular flexibility index (Phi) is 8.50. The third-order valence-corrected chi connectivity index (χ3v) is 3.96. The second kappa shape index (κ2) is 11.3. The van der Waals surface area contributed by atoms with E-state index in [-0.39, 0.29) is 12.4 Å². The highest BCUT2D eigenvalue weighted by atomic mass is 19.1. The fraction of sp³-hybridized carbons (Fsp3) is 0.174. The Morgan fingerprint density at radius 1 is 1.00 bits per heavy atom. The molecule has 0 bridgehead atoms. The molecule has 2 rings (SSSR count). The normalized spacial score (nSPS) is 17.7. The summed E-state index contributed by atoms with van der Waals surface area (Å²) < 4.78 is 29.1. The van der Waals surface area contributed by atoms with Gasteiger partial charge in [-0.1, -0.05) is 37.4 Å². The molecule has 0 amide bonds. The Bertz CT molecular complexity index is 895. The van der Waals surface area contributed by atoms with Crippen LogP contribution in [0.2, 0.25) is 0 Å². The lowest BCUT2D eigenvalue weighted by atomic mass is 9.97. The summed E-state index contributed by atoms with van der Waals surface area (Å²) in [5.74, 6) is -2.11. The molecule has 7 heteroatoms. The summed E-state index contributed by atoms with van der Waals surface area (Å²) in [4.78, 5) is 34.1. The Hall–Kier alpha value is -3.74. The zero-order chi connectivity index (χ0) is 21.9. The summed E-state index contributed by atoms with van der Waals surface area (Å²) >= 11 is 0. The van der Waals surface area contributed by atoms with Crippen molar-refractivity contribution in [1.82, 2.24) is 0 Å². The van der Waals surface area contributed by atoms with Crippen LogP contribution in [0.4, 0.5) is 4.39 Å². The summed E-state index contributed by atoms with van der Waals surface area (Å²) in [5.41, 5.74) is 0.898. The largest absolute Gasteiger partial charge is 0.462 e. The molecular formula is C23H21FO6. The van der Waals surface area contributed by atoms with E-state index in [9.17, 15) is 18.8 Å². The highest BCUT2D eigenvalue weighted by molar-refractivity contribution is 5.84. The van der Waals surface area contributed by atoms with Crippen molar-refractivity contribution in [3.63, 3.8) is 0 Å². The van der Waals surface area contributed by atoms with E-state index in [4.69, 9.17) is 14.2 Å². The van der Waals surface area contributed by atoms with Gasteiger partial charge in [-0.05, 0) is 29.8 Å². The lowest BCUT2D eigenvalue weighted by Gasteiger charge is -2.16. The maximum absolute atomic E-state index is 14.2. The Labute approximate surface area is 173 Å². The number of hydrogen-bond acceptors (Lipinski definition) is 6. The number of carbonyl (C=O) groups excluding carboxylic acids is 3. The lowest BCUT2D eigenvalue weighted by molar-refractivity contribution is -0.137. The Morgan fingerprint density at radius 3 is 2.33 bits per heavy atom. The first-order valence-corrected chi connectivity index (χ1v) is 9.07. The molecule has 0 fully saturated rings. The van der Waals surface area contributed by atoms with Crippen LogP contribution in [0.3, 0.4) is 0 Å². The van der Waals surface area contributed by atoms with Gasteiger partial charge in [0.05, 0.1) is 6.61 Å². The van der Waals surface area contributed by atoms with Crippen LogP contribution < -0.4 is 4.74 Å². The van der Waals surface area contributed by atoms with E-state index in [1.165, 1.54) is 18.2 Å². The van der Waals surface area contributed by atoms with Gasteiger partial charge in [0, 0.05) is 30.6 Å². The van der Waals surface area contributed by atoms with Crippen molar-refractivity contribution in [3.05, 3.63) is 91.3 Å². The summed E-state index contributed by atoms with van der Waals surface area (Å²) in [6.45, 7) is 6.80. The Balaban J connectivity index is 1.82. The molecule has 1 aliphatic carbocycles. The molecule has 2 atom stereocenters. The SMILES string of the molecule is C=CC(=O)OCCc1ccc(OC(=O)/C=C/C2C=CC(OC(=O)C=C)=CC2F)cc1. The van der Waals surface area contributed by atoms with Gasteiger partial charge in [-0.15, -0.1) is 0 Å². The highest BCUT2D eigenvalue weighted by Crippen LogP contribution is 2.22. The number of esters is 3. The van der Waals surface area contributed by atoms with Gasteiger partial charge < -0.3 is 14.2 Å². The van der Waals surface area contributed by atoms with Gasteiger partial charge in [-0.3, -0.25) is 0 Å². The minimum Gasteiger partial charge on any atom is -0.462 e. The van der Waals surface area contributed by atoms with Crippen molar-refractivity contribution in [1.29, 1.82) is 0 Å². The van der Waals surface area contributed by atoms with Gasteiger partial charge >= 0.3 is 17.9 Å². The molecule has 0 radical (unpaired) electrons. The Morgan fingerprint density at radius 2 is 1.70 bits per heavy atom. The summed E-state index contributed by atoms with van der Waals surface area (Å²) in [5, 5.41) is 0. The molecule has 0 N–H and O–H groups in total. The molecule has 30 heavy (non-hydrogen) atoms. The second-order valence-corrected chi connectivity index (χ2v) is 6.12. The van der Waals surface area contributed by atoms with Crippen LogP contribution in [0.5, 0.6) is 5.75 Å². The first-order chi connectivity index (χ1) is 14.4. The first kappa shape index (κ1) is 22.5. The number of halogens is 1. The molecule has 0 heterocycles. The minimum absolute atomic E-state index is 0.0824. The number of alkyl halides is 1. The topological polar surface area (TPSA) is 78.9 Å². The van der Waals surface area contributed by atoms with Crippen LogP contribution in [0.25, 0.3) is 0 Å². The molecule has 6 nitrogen and oxygen atoms in total. The first-order valence-electron chi connectivity index (χ1n) is 9.07. The number of benzene rings is 1. The predicted octanol–water partition coefficient (Wildman–Crippen LogP) is 3.56. The quantitative estimate of drug-likeness (QED) is 0.351. The van der Waals surface area contributed by atoms with Crippen molar-refractivity contribution in [2.24, 2.45) is 5.92 Å². The predicted molar refractivity (Wildman–Crippen MR) is 108 cm³/mol. The lowest BCUT2D eigenvalue weighted by Crippen LogP contribution is -2.15. The van der Waals surface area contributed by atoms with Gasteiger partial charge in [-0.25, -0.2) is 18.8 Å². The van der Waals surface area contributed by atoms with Gasteiger partial charge in [0.2, 0.25) is 0 Å². The number of rotatable bonds is 9. The molecule has 0 aliphatic heterocycles. The van der Waals surface area contributed by atoms with E-state index in [2.05, 4.69) is 13.2 Å². The number of ether oxygens (including phenoxy) is 3. The summed E-state index contributed by atoms with van der Waals surface area (Å²) in [7, 11) is 0. The maximum atomic E-state index is 14.2. The number of carbonyl (C=O) groups is 3. The van der Waals surface area contributed by atoms with Crippen LogP contribution in [0.15, 0.2) is 85.7 Å². The van der Waals surface area contributed by atoms with Crippen LogP contribution in [0.1, 0.15) is 5.56 Å². The molecule has 0 spiro atoms. The average molecular weight is 412 g/mol. The van der Waals surface area contributed by atoms with Crippen LogP contribution in [-0.4, -0.2) is 30.7 Å². The van der Waals surface area contributed by atoms with Gasteiger partial charge in [0.15, 0.2) is 0 Å². The maximum Gasteiger partial charge on any atom is 0.335 e. The van der Waals surface area contributed by atoms with Crippen LogP contribution in [-0.2, 0) is 30.3 Å². The standard InChI is InChI=1S/C23H21FO6/c1-3-21(25)28-14-13-16-5-9-18(10-6-16)29-23(27)12-8-17-7-11-19(15-20(17)24)30-22(26)4-2/h3-12,15,17,20H,1-2,13-14H2/b12-8+. The monoisotopic (exact) mass is 412 g/mol. The molecule has 0 saturated carbocycles. The molecule has 156 valence electrons. The zero-order valence-corrected chi connectivity index (χ0v) is 16.2. The molecular weight excluding hydrogens is 391 g/mol. The molecule has 1 aromatic carbocycles. The van der Waals surface area contributed by atoms with Crippen molar-refractivity contribution in [3.8, 4) is 5.75 Å². The third kappa shape index (κ3) is 7.35. The van der Waals surface area contributed by atoms with Crippen LogP contribution >= 0.6 is 0 Å². The van der Waals surface area contributed by atoms with Gasteiger partial charge in [-0.2, -0.15) is 0 Å². The fourth-order valence-corrected chi connectivity index (χ4v) is 2.42. The van der Waals surface area contributed by atoms with E-state index < -0.39 is 30.0 Å². The van der Waals surface area contributed by atoms with Crippen molar-refractivity contribution in [2.45, 2.75) is 12.6 Å².